The first-order valence-electron chi connectivity index (χ1n) is 4.60. The monoisotopic (exact) mass is 196 g/mol. The number of hydrogen-bond donors (Lipinski definition) is 1. The molecule has 1 rings (SSSR count). The van der Waals surface area contributed by atoms with Crippen LogP contribution in [0.25, 0.3) is 0 Å². The minimum Gasteiger partial charge on any atom is -0.450 e. The maximum absolute atomic E-state index is 9.95. The van der Waals surface area contributed by atoms with Crippen molar-refractivity contribution in [3.05, 3.63) is 35.9 Å². The largest absolute Gasteiger partial charge is 0.506 e. The minimum absolute atomic E-state index is 0.121. The zero-order valence-electron chi connectivity index (χ0n) is 8.56. The Balaban J connectivity index is 0.000000500. The van der Waals surface area contributed by atoms with Crippen LogP contribution in [0.3, 0.4) is 0 Å². The predicted octanol–water partition coefficient (Wildman–Crippen LogP) is 3.30. The first-order valence-corrected chi connectivity index (χ1v) is 4.60. The fourth-order valence-electron chi connectivity index (χ4n) is 0.719. The molecule has 1 N–H and O–H groups in total. The molecule has 0 aliphatic heterocycles. The summed E-state index contributed by atoms with van der Waals surface area (Å²) in [6.07, 6.45) is 0.00820. The molecule has 0 spiro atoms. The van der Waals surface area contributed by atoms with E-state index >= 15 is 0 Å². The van der Waals surface area contributed by atoms with Gasteiger partial charge in [-0.3, -0.25) is 0 Å². The molecule has 0 aliphatic rings. The SMILES string of the molecule is CCC.O=C(O)OCc1ccccc1. The fraction of sp³-hybridized carbons (Fsp3) is 0.364. The second kappa shape index (κ2) is 8.10. The highest BCUT2D eigenvalue weighted by atomic mass is 16.7. The number of hydrogen-bond acceptors (Lipinski definition) is 2. The Morgan fingerprint density at radius 2 is 1.79 bits per heavy atom. The summed E-state index contributed by atoms with van der Waals surface area (Å²) in [5.74, 6) is 0. The van der Waals surface area contributed by atoms with Crippen LogP contribution >= 0.6 is 0 Å². The van der Waals surface area contributed by atoms with Crippen LogP contribution in [0.5, 0.6) is 0 Å². The van der Waals surface area contributed by atoms with E-state index in [9.17, 15) is 4.79 Å². The summed E-state index contributed by atoms with van der Waals surface area (Å²) in [5.41, 5.74) is 0.856. The molecule has 0 heterocycles. The molecule has 0 radical (unpaired) electrons. The average Bonchev–Trinajstić information content (AvgIpc) is 2.18. The topological polar surface area (TPSA) is 46.5 Å². The van der Waals surface area contributed by atoms with E-state index in [4.69, 9.17) is 5.11 Å². The van der Waals surface area contributed by atoms with E-state index in [1.54, 1.807) is 0 Å². The van der Waals surface area contributed by atoms with Gasteiger partial charge in [0.05, 0.1) is 0 Å². The lowest BCUT2D eigenvalue weighted by Crippen LogP contribution is -1.99. The van der Waals surface area contributed by atoms with Crippen molar-refractivity contribution < 1.29 is 14.6 Å². The Morgan fingerprint density at radius 3 is 2.21 bits per heavy atom. The Labute approximate surface area is 84.3 Å². The van der Waals surface area contributed by atoms with Gasteiger partial charge in [0, 0.05) is 0 Å². The van der Waals surface area contributed by atoms with E-state index in [-0.39, 0.29) is 6.61 Å². The molecule has 78 valence electrons. The van der Waals surface area contributed by atoms with Gasteiger partial charge in [-0.05, 0) is 5.56 Å². The third-order valence-corrected chi connectivity index (χ3v) is 1.21. The quantitative estimate of drug-likeness (QED) is 0.738. The highest BCUT2D eigenvalue weighted by Crippen LogP contribution is 1.99. The van der Waals surface area contributed by atoms with Crippen molar-refractivity contribution in [2.24, 2.45) is 0 Å². The van der Waals surface area contributed by atoms with Crippen molar-refractivity contribution in [3.63, 3.8) is 0 Å². The number of carbonyl (C=O) groups is 1. The van der Waals surface area contributed by atoms with Crippen LogP contribution in [0.1, 0.15) is 25.8 Å². The molecule has 0 aromatic heterocycles. The van der Waals surface area contributed by atoms with E-state index in [0.717, 1.165) is 5.56 Å². The van der Waals surface area contributed by atoms with Crippen LogP contribution in [0.2, 0.25) is 0 Å². The molecule has 0 atom stereocenters. The van der Waals surface area contributed by atoms with E-state index in [2.05, 4.69) is 18.6 Å². The maximum atomic E-state index is 9.95. The molecular formula is C11H16O3. The van der Waals surface area contributed by atoms with Crippen LogP contribution in [-0.4, -0.2) is 11.3 Å². The van der Waals surface area contributed by atoms with Crippen molar-refractivity contribution in [1.82, 2.24) is 0 Å². The molecular weight excluding hydrogens is 180 g/mol. The van der Waals surface area contributed by atoms with Gasteiger partial charge in [-0.2, -0.15) is 0 Å². The van der Waals surface area contributed by atoms with Gasteiger partial charge in [-0.25, -0.2) is 4.79 Å². The van der Waals surface area contributed by atoms with E-state index in [1.807, 2.05) is 30.3 Å². The summed E-state index contributed by atoms with van der Waals surface area (Å²) < 4.78 is 4.34. The molecule has 0 saturated heterocycles. The molecule has 0 fully saturated rings. The average molecular weight is 196 g/mol. The second-order valence-electron chi connectivity index (χ2n) is 2.75. The van der Waals surface area contributed by atoms with Gasteiger partial charge in [0.2, 0.25) is 0 Å². The van der Waals surface area contributed by atoms with E-state index < -0.39 is 6.16 Å². The van der Waals surface area contributed by atoms with Gasteiger partial charge in [-0.1, -0.05) is 50.6 Å². The van der Waals surface area contributed by atoms with E-state index in [0.29, 0.717) is 0 Å². The summed E-state index contributed by atoms with van der Waals surface area (Å²) in [6, 6.07) is 9.15. The first kappa shape index (κ1) is 12.5. The van der Waals surface area contributed by atoms with Gasteiger partial charge in [0.15, 0.2) is 0 Å². The molecule has 3 heteroatoms. The summed E-state index contributed by atoms with van der Waals surface area (Å²) in [7, 11) is 0. The smallest absolute Gasteiger partial charge is 0.450 e. The Morgan fingerprint density at radius 1 is 1.29 bits per heavy atom. The van der Waals surface area contributed by atoms with Crippen LogP contribution in [0, 0.1) is 0 Å². The number of rotatable bonds is 2. The number of carboxylic acid groups (broad SMARTS) is 1. The lowest BCUT2D eigenvalue weighted by molar-refractivity contribution is 0.0854. The highest BCUT2D eigenvalue weighted by molar-refractivity contribution is 5.56. The van der Waals surface area contributed by atoms with Gasteiger partial charge in [0.25, 0.3) is 0 Å². The summed E-state index contributed by atoms with van der Waals surface area (Å²) in [4.78, 5) is 9.95. The maximum Gasteiger partial charge on any atom is 0.506 e. The summed E-state index contributed by atoms with van der Waals surface area (Å²) in [6.45, 7) is 4.37. The van der Waals surface area contributed by atoms with Crippen LogP contribution in [0.15, 0.2) is 30.3 Å². The Kier molecular flexibility index (Phi) is 7.23. The normalized spacial score (nSPS) is 8.43. The Hall–Kier alpha value is -1.51. The van der Waals surface area contributed by atoms with Gasteiger partial charge in [0.1, 0.15) is 6.61 Å². The molecule has 3 nitrogen and oxygen atoms in total. The van der Waals surface area contributed by atoms with Crippen molar-refractivity contribution >= 4 is 6.16 Å². The van der Waals surface area contributed by atoms with Gasteiger partial charge < -0.3 is 9.84 Å². The molecule has 0 bridgehead atoms. The lowest BCUT2D eigenvalue weighted by atomic mass is 10.2. The number of benzene rings is 1. The van der Waals surface area contributed by atoms with Gasteiger partial charge in [-0.15, -0.1) is 0 Å². The van der Waals surface area contributed by atoms with E-state index in [1.165, 1.54) is 6.42 Å². The van der Waals surface area contributed by atoms with Gasteiger partial charge >= 0.3 is 6.16 Å². The third kappa shape index (κ3) is 7.16. The fourth-order valence-corrected chi connectivity index (χ4v) is 0.719. The molecule has 14 heavy (non-hydrogen) atoms. The minimum atomic E-state index is -1.24. The Bertz CT molecular complexity index is 244. The van der Waals surface area contributed by atoms with Crippen LogP contribution in [0.4, 0.5) is 4.79 Å². The van der Waals surface area contributed by atoms with Crippen LogP contribution in [-0.2, 0) is 11.3 Å². The molecule has 0 saturated carbocycles. The molecule has 1 aromatic carbocycles. The van der Waals surface area contributed by atoms with Crippen molar-refractivity contribution in [2.75, 3.05) is 0 Å². The van der Waals surface area contributed by atoms with Crippen molar-refractivity contribution in [1.29, 1.82) is 0 Å². The first-order chi connectivity index (χ1) is 6.70. The number of ether oxygens (including phenoxy) is 1. The molecule has 0 amide bonds. The third-order valence-electron chi connectivity index (χ3n) is 1.21. The second-order valence-corrected chi connectivity index (χ2v) is 2.75. The highest BCUT2D eigenvalue weighted by Gasteiger charge is 1.95. The molecule has 0 aliphatic carbocycles. The predicted molar refractivity (Wildman–Crippen MR) is 55.2 cm³/mol. The van der Waals surface area contributed by atoms with Crippen molar-refractivity contribution in [3.8, 4) is 0 Å². The zero-order chi connectivity index (χ0) is 10.8. The molecule has 0 unspecified atom stereocenters. The summed E-state index contributed by atoms with van der Waals surface area (Å²) in [5, 5.41) is 8.15. The zero-order valence-corrected chi connectivity index (χ0v) is 8.56. The lowest BCUT2D eigenvalue weighted by Gasteiger charge is -1.98. The standard InChI is InChI=1S/C8H8O3.C3H8/c9-8(10)11-6-7-4-2-1-3-5-7;1-3-2/h1-5H,6H2,(H,9,10);3H2,1-2H3. The van der Waals surface area contributed by atoms with Crippen molar-refractivity contribution in [2.45, 2.75) is 26.9 Å². The molecule has 1 aromatic rings. The van der Waals surface area contributed by atoms with Crippen LogP contribution < -0.4 is 0 Å². The summed E-state index contributed by atoms with van der Waals surface area (Å²) >= 11 is 0.